The highest BCUT2D eigenvalue weighted by molar-refractivity contribution is 4.82. The molecule has 1 rings (SSSR count). The van der Waals surface area contributed by atoms with Crippen molar-refractivity contribution in [3.05, 3.63) is 0 Å². The minimum absolute atomic E-state index is 0.429. The summed E-state index contributed by atoms with van der Waals surface area (Å²) in [7, 11) is 0. The van der Waals surface area contributed by atoms with Crippen molar-refractivity contribution in [3.63, 3.8) is 0 Å². The monoisotopic (exact) mass is 300 g/mol. The van der Waals surface area contributed by atoms with Crippen molar-refractivity contribution in [1.82, 2.24) is 0 Å². The summed E-state index contributed by atoms with van der Waals surface area (Å²) < 4.78 is 17.2. The highest BCUT2D eigenvalue weighted by Crippen LogP contribution is 2.36. The van der Waals surface area contributed by atoms with Gasteiger partial charge in [0.2, 0.25) is 0 Å². The van der Waals surface area contributed by atoms with E-state index in [9.17, 15) is 0 Å². The van der Waals surface area contributed by atoms with E-state index in [1.54, 1.807) is 0 Å². The Hall–Kier alpha value is -0.120. The highest BCUT2D eigenvalue weighted by Gasteiger charge is 2.33. The van der Waals surface area contributed by atoms with E-state index in [1.165, 1.54) is 25.7 Å². The van der Waals surface area contributed by atoms with Crippen LogP contribution in [0.15, 0.2) is 0 Å². The molecule has 1 aliphatic carbocycles. The first-order valence-electron chi connectivity index (χ1n) is 8.93. The van der Waals surface area contributed by atoms with Gasteiger partial charge in [-0.1, -0.05) is 47.0 Å². The van der Waals surface area contributed by atoms with Gasteiger partial charge in [0.15, 0.2) is 0 Å². The van der Waals surface area contributed by atoms with E-state index in [2.05, 4.69) is 27.7 Å². The summed E-state index contributed by atoms with van der Waals surface area (Å²) in [5.41, 5.74) is 0. The Morgan fingerprint density at radius 1 is 0.952 bits per heavy atom. The molecule has 0 spiro atoms. The number of rotatable bonds is 11. The van der Waals surface area contributed by atoms with Gasteiger partial charge in [0.05, 0.1) is 32.5 Å². The largest absolute Gasteiger partial charge is 0.379 e. The van der Waals surface area contributed by atoms with E-state index >= 15 is 0 Å². The predicted molar refractivity (Wildman–Crippen MR) is 87.6 cm³/mol. The van der Waals surface area contributed by atoms with Crippen molar-refractivity contribution in [3.8, 4) is 0 Å². The van der Waals surface area contributed by atoms with Gasteiger partial charge in [-0.2, -0.15) is 0 Å². The van der Waals surface area contributed by atoms with Gasteiger partial charge in [0, 0.05) is 6.61 Å². The molecule has 0 aliphatic heterocycles. The molecule has 0 bridgehead atoms. The molecule has 0 N–H and O–H groups in total. The average molecular weight is 300 g/mol. The minimum Gasteiger partial charge on any atom is -0.379 e. The molecule has 1 saturated carbocycles. The van der Waals surface area contributed by atoms with Crippen LogP contribution in [0.1, 0.15) is 59.8 Å². The van der Waals surface area contributed by atoms with Gasteiger partial charge in [-0.15, -0.1) is 0 Å². The number of hydrogen-bond donors (Lipinski definition) is 0. The van der Waals surface area contributed by atoms with Gasteiger partial charge >= 0.3 is 0 Å². The fraction of sp³-hybridized carbons (Fsp3) is 1.00. The molecule has 21 heavy (non-hydrogen) atoms. The number of hydrogen-bond acceptors (Lipinski definition) is 3. The Kier molecular flexibility index (Phi) is 10.3. The summed E-state index contributed by atoms with van der Waals surface area (Å²) in [6, 6.07) is 0. The van der Waals surface area contributed by atoms with Crippen molar-refractivity contribution in [2.45, 2.75) is 65.9 Å². The molecule has 0 saturated heterocycles. The van der Waals surface area contributed by atoms with Crippen LogP contribution in [0.4, 0.5) is 0 Å². The van der Waals surface area contributed by atoms with Crippen molar-refractivity contribution in [1.29, 1.82) is 0 Å². The summed E-state index contributed by atoms with van der Waals surface area (Å²) in [5.74, 6) is 2.20. The second-order valence-electron chi connectivity index (χ2n) is 6.72. The van der Waals surface area contributed by atoms with E-state index in [-0.39, 0.29) is 0 Å². The lowest BCUT2D eigenvalue weighted by atomic mass is 9.72. The van der Waals surface area contributed by atoms with Crippen LogP contribution in [0.25, 0.3) is 0 Å². The van der Waals surface area contributed by atoms with Gasteiger partial charge in [-0.05, 0) is 30.6 Å². The van der Waals surface area contributed by atoms with E-state index in [1.807, 2.05) is 0 Å². The molecular formula is C18H36O3. The predicted octanol–water partition coefficient (Wildman–Crippen LogP) is 4.30. The second-order valence-corrected chi connectivity index (χ2v) is 6.72. The van der Waals surface area contributed by atoms with Gasteiger partial charge in [0.1, 0.15) is 0 Å². The Morgan fingerprint density at radius 3 is 2.29 bits per heavy atom. The Labute approximate surface area is 131 Å². The molecule has 0 aromatic heterocycles. The summed E-state index contributed by atoms with van der Waals surface area (Å²) in [6.07, 6.45) is 6.63. The molecule has 0 heterocycles. The van der Waals surface area contributed by atoms with Crippen LogP contribution in [0.5, 0.6) is 0 Å². The summed E-state index contributed by atoms with van der Waals surface area (Å²) in [4.78, 5) is 0. The summed E-state index contributed by atoms with van der Waals surface area (Å²) >= 11 is 0. The molecule has 0 aromatic carbocycles. The van der Waals surface area contributed by atoms with Crippen molar-refractivity contribution in [2.24, 2.45) is 17.8 Å². The third-order valence-electron chi connectivity index (χ3n) is 4.58. The lowest BCUT2D eigenvalue weighted by Gasteiger charge is -2.39. The smallest absolute Gasteiger partial charge is 0.0704 e. The summed E-state index contributed by atoms with van der Waals surface area (Å²) in [5, 5.41) is 0. The van der Waals surface area contributed by atoms with Crippen LogP contribution in [0.3, 0.4) is 0 Å². The standard InChI is InChI=1S/C18H36O3/c1-5-6-10-19-11-12-20-13-14-21-17-9-7-8-16(4)18(17)15(2)3/h15-18H,5-14H2,1-4H3. The summed E-state index contributed by atoms with van der Waals surface area (Å²) in [6.45, 7) is 12.9. The lowest BCUT2D eigenvalue weighted by Crippen LogP contribution is -2.37. The van der Waals surface area contributed by atoms with E-state index in [0.717, 1.165) is 25.6 Å². The van der Waals surface area contributed by atoms with Crippen LogP contribution < -0.4 is 0 Å². The topological polar surface area (TPSA) is 27.7 Å². The highest BCUT2D eigenvalue weighted by atomic mass is 16.5. The van der Waals surface area contributed by atoms with Crippen LogP contribution in [0.2, 0.25) is 0 Å². The van der Waals surface area contributed by atoms with Gasteiger partial charge in [-0.3, -0.25) is 0 Å². The molecule has 1 fully saturated rings. The molecule has 1 aliphatic rings. The zero-order valence-corrected chi connectivity index (χ0v) is 14.6. The van der Waals surface area contributed by atoms with Crippen LogP contribution in [-0.4, -0.2) is 39.1 Å². The molecule has 3 heteroatoms. The molecule has 0 radical (unpaired) electrons. The fourth-order valence-corrected chi connectivity index (χ4v) is 3.50. The second kappa shape index (κ2) is 11.4. The number of unbranched alkanes of at least 4 members (excludes halogenated alkanes) is 1. The van der Waals surface area contributed by atoms with Crippen LogP contribution in [0, 0.1) is 17.8 Å². The Bertz CT molecular complexity index is 243. The van der Waals surface area contributed by atoms with Crippen molar-refractivity contribution >= 4 is 0 Å². The first-order chi connectivity index (χ1) is 10.2. The molecule has 0 aromatic rings. The Morgan fingerprint density at radius 2 is 1.62 bits per heavy atom. The molecule has 3 atom stereocenters. The zero-order valence-electron chi connectivity index (χ0n) is 14.6. The zero-order chi connectivity index (χ0) is 15.5. The SMILES string of the molecule is CCCCOCCOCCOC1CCCC(C)C1C(C)C. The molecule has 0 amide bonds. The third-order valence-corrected chi connectivity index (χ3v) is 4.58. The Balaban J connectivity index is 2.05. The molecular weight excluding hydrogens is 264 g/mol. The van der Waals surface area contributed by atoms with Gasteiger partial charge in [0.25, 0.3) is 0 Å². The lowest BCUT2D eigenvalue weighted by molar-refractivity contribution is -0.0681. The third kappa shape index (κ3) is 7.62. The van der Waals surface area contributed by atoms with Gasteiger partial charge < -0.3 is 14.2 Å². The minimum atomic E-state index is 0.429. The molecule has 126 valence electrons. The average Bonchev–Trinajstić information content (AvgIpc) is 2.45. The normalized spacial score (nSPS) is 26.4. The van der Waals surface area contributed by atoms with Crippen molar-refractivity contribution in [2.75, 3.05) is 33.0 Å². The van der Waals surface area contributed by atoms with E-state index in [0.29, 0.717) is 37.8 Å². The maximum atomic E-state index is 6.11. The van der Waals surface area contributed by atoms with E-state index in [4.69, 9.17) is 14.2 Å². The van der Waals surface area contributed by atoms with Crippen LogP contribution >= 0.6 is 0 Å². The van der Waals surface area contributed by atoms with Crippen molar-refractivity contribution < 1.29 is 14.2 Å². The van der Waals surface area contributed by atoms with E-state index < -0.39 is 0 Å². The maximum Gasteiger partial charge on any atom is 0.0704 e. The molecule has 3 nitrogen and oxygen atoms in total. The first-order valence-corrected chi connectivity index (χ1v) is 8.93. The number of ether oxygens (including phenoxy) is 3. The first kappa shape index (κ1) is 18.9. The van der Waals surface area contributed by atoms with Crippen LogP contribution in [-0.2, 0) is 14.2 Å². The van der Waals surface area contributed by atoms with Gasteiger partial charge in [-0.25, -0.2) is 0 Å². The molecule has 3 unspecified atom stereocenters. The maximum absolute atomic E-state index is 6.11. The fourth-order valence-electron chi connectivity index (χ4n) is 3.50. The quantitative estimate of drug-likeness (QED) is 0.533.